The van der Waals surface area contributed by atoms with Gasteiger partial charge in [0.1, 0.15) is 5.82 Å². The van der Waals surface area contributed by atoms with Crippen LogP contribution >= 0.6 is 11.6 Å². The van der Waals surface area contributed by atoms with Gasteiger partial charge in [-0.3, -0.25) is 9.59 Å². The summed E-state index contributed by atoms with van der Waals surface area (Å²) in [5.74, 6) is -0.886. The molecule has 6 heteroatoms. The number of hydrogen-bond acceptors (Lipinski definition) is 2. The molecule has 0 bridgehead atoms. The van der Waals surface area contributed by atoms with Gasteiger partial charge in [0.25, 0.3) is 5.91 Å². The fraction of sp³-hybridized carbons (Fsp3) is 0.529. The topological polar surface area (TPSA) is 40.6 Å². The maximum atomic E-state index is 13.9. The Balaban J connectivity index is 2.03. The molecule has 2 rings (SSSR count). The number of benzene rings is 1. The van der Waals surface area contributed by atoms with Crippen LogP contribution in [0.5, 0.6) is 0 Å². The number of unbranched alkanes of at least 4 members (excludes halogenated alkanes) is 1. The lowest BCUT2D eigenvalue weighted by atomic mass is 10.1. The molecule has 0 spiro atoms. The van der Waals surface area contributed by atoms with E-state index in [1.807, 2.05) is 6.92 Å². The van der Waals surface area contributed by atoms with E-state index < -0.39 is 11.7 Å². The lowest BCUT2D eigenvalue weighted by molar-refractivity contribution is -0.131. The maximum absolute atomic E-state index is 13.9. The molecule has 1 saturated heterocycles. The third-order valence-corrected chi connectivity index (χ3v) is 4.37. The van der Waals surface area contributed by atoms with Crippen LogP contribution in [0.15, 0.2) is 18.2 Å². The van der Waals surface area contributed by atoms with Gasteiger partial charge in [0, 0.05) is 32.6 Å². The predicted octanol–water partition coefficient (Wildman–Crippen LogP) is 3.34. The molecule has 2 amide bonds. The first kappa shape index (κ1) is 17.7. The van der Waals surface area contributed by atoms with Gasteiger partial charge in [-0.15, -0.1) is 0 Å². The van der Waals surface area contributed by atoms with Gasteiger partial charge >= 0.3 is 0 Å². The molecular formula is C17H22ClFN2O2. The average molecular weight is 341 g/mol. The van der Waals surface area contributed by atoms with Crippen LogP contribution in [0, 0.1) is 5.82 Å². The second-order valence-electron chi connectivity index (χ2n) is 5.73. The molecule has 1 fully saturated rings. The SMILES string of the molecule is CCCCC(=O)N1CCCN(C(=O)c2c(F)cccc2Cl)CC1. The van der Waals surface area contributed by atoms with Gasteiger partial charge < -0.3 is 9.80 Å². The van der Waals surface area contributed by atoms with E-state index in [1.165, 1.54) is 18.2 Å². The molecule has 0 saturated carbocycles. The van der Waals surface area contributed by atoms with E-state index in [-0.39, 0.29) is 16.5 Å². The predicted molar refractivity (Wildman–Crippen MR) is 88.0 cm³/mol. The lowest BCUT2D eigenvalue weighted by Gasteiger charge is -2.22. The van der Waals surface area contributed by atoms with Crippen molar-refractivity contribution in [3.05, 3.63) is 34.6 Å². The average Bonchev–Trinajstić information content (AvgIpc) is 2.78. The summed E-state index contributed by atoms with van der Waals surface area (Å²) in [6, 6.07) is 4.22. The molecular weight excluding hydrogens is 319 g/mol. The van der Waals surface area contributed by atoms with Gasteiger partial charge in [0.15, 0.2) is 0 Å². The third-order valence-electron chi connectivity index (χ3n) is 4.06. The first-order valence-electron chi connectivity index (χ1n) is 8.05. The van der Waals surface area contributed by atoms with E-state index in [1.54, 1.807) is 9.80 Å². The second-order valence-corrected chi connectivity index (χ2v) is 6.13. The van der Waals surface area contributed by atoms with Crippen molar-refractivity contribution in [1.29, 1.82) is 0 Å². The van der Waals surface area contributed by atoms with E-state index in [4.69, 9.17) is 11.6 Å². The molecule has 1 aliphatic heterocycles. The number of halogens is 2. The van der Waals surface area contributed by atoms with Crippen LogP contribution in [0.2, 0.25) is 5.02 Å². The van der Waals surface area contributed by atoms with Crippen LogP contribution < -0.4 is 0 Å². The number of hydrogen-bond donors (Lipinski definition) is 0. The molecule has 126 valence electrons. The van der Waals surface area contributed by atoms with Gasteiger partial charge in [-0.2, -0.15) is 0 Å². The van der Waals surface area contributed by atoms with Crippen molar-refractivity contribution in [1.82, 2.24) is 9.80 Å². The first-order valence-corrected chi connectivity index (χ1v) is 8.43. The Kier molecular flexibility index (Phi) is 6.39. The summed E-state index contributed by atoms with van der Waals surface area (Å²) in [6.45, 7) is 4.08. The maximum Gasteiger partial charge on any atom is 0.258 e. The molecule has 4 nitrogen and oxygen atoms in total. The molecule has 1 heterocycles. The van der Waals surface area contributed by atoms with Crippen LogP contribution in [0.25, 0.3) is 0 Å². The highest BCUT2D eigenvalue weighted by atomic mass is 35.5. The van der Waals surface area contributed by atoms with E-state index in [0.29, 0.717) is 39.0 Å². The number of rotatable bonds is 4. The summed E-state index contributed by atoms with van der Waals surface area (Å²) < 4.78 is 13.9. The highest BCUT2D eigenvalue weighted by Gasteiger charge is 2.25. The van der Waals surface area contributed by atoms with Crippen molar-refractivity contribution in [2.75, 3.05) is 26.2 Å². The van der Waals surface area contributed by atoms with Crippen molar-refractivity contribution in [3.63, 3.8) is 0 Å². The molecule has 0 atom stereocenters. The largest absolute Gasteiger partial charge is 0.341 e. The molecule has 0 N–H and O–H groups in total. The van der Waals surface area contributed by atoms with Gasteiger partial charge in [-0.1, -0.05) is 31.0 Å². The summed E-state index contributed by atoms with van der Waals surface area (Å²) in [7, 11) is 0. The zero-order valence-electron chi connectivity index (χ0n) is 13.4. The Bertz CT molecular complexity index is 559. The van der Waals surface area contributed by atoms with Gasteiger partial charge in [0.05, 0.1) is 10.6 Å². The highest BCUT2D eigenvalue weighted by Crippen LogP contribution is 2.21. The van der Waals surface area contributed by atoms with Crippen molar-refractivity contribution in [3.8, 4) is 0 Å². The second kappa shape index (κ2) is 8.29. The third kappa shape index (κ3) is 4.44. The molecule has 0 unspecified atom stereocenters. The van der Waals surface area contributed by atoms with E-state index in [9.17, 15) is 14.0 Å². The number of amides is 2. The van der Waals surface area contributed by atoms with Crippen LogP contribution in [0.4, 0.5) is 4.39 Å². The minimum atomic E-state index is -0.609. The Morgan fingerprint density at radius 1 is 1.17 bits per heavy atom. The molecule has 0 aromatic heterocycles. The summed E-state index contributed by atoms with van der Waals surface area (Å²) in [5, 5.41) is 0.120. The molecule has 1 aromatic carbocycles. The fourth-order valence-corrected chi connectivity index (χ4v) is 2.96. The molecule has 1 aliphatic rings. The zero-order chi connectivity index (χ0) is 16.8. The van der Waals surface area contributed by atoms with Crippen molar-refractivity contribution < 1.29 is 14.0 Å². The smallest absolute Gasteiger partial charge is 0.258 e. The molecule has 0 radical (unpaired) electrons. The van der Waals surface area contributed by atoms with E-state index >= 15 is 0 Å². The lowest BCUT2D eigenvalue weighted by Crippen LogP contribution is -2.37. The first-order chi connectivity index (χ1) is 11.0. The minimum Gasteiger partial charge on any atom is -0.341 e. The Labute approximate surface area is 141 Å². The van der Waals surface area contributed by atoms with E-state index in [2.05, 4.69) is 0 Å². The van der Waals surface area contributed by atoms with E-state index in [0.717, 1.165) is 12.8 Å². The zero-order valence-corrected chi connectivity index (χ0v) is 14.1. The number of carbonyl (C=O) groups is 2. The number of nitrogens with zero attached hydrogens (tertiary/aromatic N) is 2. The van der Waals surface area contributed by atoms with Gasteiger partial charge in [-0.25, -0.2) is 4.39 Å². The highest BCUT2D eigenvalue weighted by molar-refractivity contribution is 6.33. The van der Waals surface area contributed by atoms with Crippen molar-refractivity contribution in [2.45, 2.75) is 32.6 Å². The summed E-state index contributed by atoms with van der Waals surface area (Å²) in [5.41, 5.74) is -0.0834. The molecule has 0 aliphatic carbocycles. The summed E-state index contributed by atoms with van der Waals surface area (Å²) >= 11 is 5.97. The van der Waals surface area contributed by atoms with Crippen LogP contribution in [-0.2, 0) is 4.79 Å². The standard InChI is InChI=1S/C17H22ClFN2O2/c1-2-3-8-15(22)20-9-5-10-21(12-11-20)17(23)16-13(18)6-4-7-14(16)19/h4,6-7H,2-3,5,8-12H2,1H3. The van der Waals surface area contributed by atoms with Gasteiger partial charge in [0.2, 0.25) is 5.91 Å². The quantitative estimate of drug-likeness (QED) is 0.843. The Morgan fingerprint density at radius 2 is 1.87 bits per heavy atom. The van der Waals surface area contributed by atoms with Gasteiger partial charge in [-0.05, 0) is 25.0 Å². The van der Waals surface area contributed by atoms with Crippen LogP contribution in [0.1, 0.15) is 43.0 Å². The monoisotopic (exact) mass is 340 g/mol. The molecule has 1 aromatic rings. The minimum absolute atomic E-state index is 0.0834. The Hall–Kier alpha value is -1.62. The molecule has 23 heavy (non-hydrogen) atoms. The van der Waals surface area contributed by atoms with Crippen LogP contribution in [-0.4, -0.2) is 47.8 Å². The Morgan fingerprint density at radius 3 is 2.57 bits per heavy atom. The number of carbonyl (C=O) groups excluding carboxylic acids is 2. The van der Waals surface area contributed by atoms with Crippen molar-refractivity contribution >= 4 is 23.4 Å². The summed E-state index contributed by atoms with van der Waals surface area (Å²) in [6.07, 6.45) is 3.10. The summed E-state index contributed by atoms with van der Waals surface area (Å²) in [4.78, 5) is 28.0. The normalized spacial score (nSPS) is 15.4. The van der Waals surface area contributed by atoms with Crippen LogP contribution in [0.3, 0.4) is 0 Å². The fourth-order valence-electron chi connectivity index (χ4n) is 2.72. The van der Waals surface area contributed by atoms with Crippen molar-refractivity contribution in [2.24, 2.45) is 0 Å².